The number of carbonyl (C=O) groups is 1. The van der Waals surface area contributed by atoms with Crippen molar-refractivity contribution in [3.8, 4) is 0 Å². The van der Waals surface area contributed by atoms with Crippen molar-refractivity contribution in [3.05, 3.63) is 35.4 Å². The fourth-order valence-corrected chi connectivity index (χ4v) is 1.79. The maximum absolute atomic E-state index is 12.0. The summed E-state index contributed by atoms with van der Waals surface area (Å²) in [5, 5.41) is 0. The molecule has 0 heterocycles. The lowest BCUT2D eigenvalue weighted by atomic mass is 10.1. The molecule has 0 bridgehead atoms. The van der Waals surface area contributed by atoms with Gasteiger partial charge in [-0.2, -0.15) is 0 Å². The lowest BCUT2D eigenvalue weighted by Gasteiger charge is -2.24. The lowest BCUT2D eigenvalue weighted by Crippen LogP contribution is -2.42. The van der Waals surface area contributed by atoms with Crippen LogP contribution < -0.4 is 5.73 Å². The molecule has 0 radical (unpaired) electrons. The third kappa shape index (κ3) is 3.86. The zero-order valence-electron chi connectivity index (χ0n) is 10.9. The molecule has 0 spiro atoms. The molecule has 2 N–H and O–H groups in total. The Kier molecular flexibility index (Phi) is 5.16. The topological polar surface area (TPSA) is 46.3 Å². The van der Waals surface area contributed by atoms with E-state index in [2.05, 4.69) is 19.1 Å². The van der Waals surface area contributed by atoms with Crippen molar-refractivity contribution in [1.82, 2.24) is 4.90 Å². The lowest BCUT2D eigenvalue weighted by molar-refractivity contribution is -0.133. The molecule has 1 aromatic carbocycles. The standard InChI is InChI=1S/C14H22N2O/c1-4-13(15)14(17)16(5-2)10-12-8-6-7-11(3)9-12/h6-9,13H,4-5,10,15H2,1-3H3. The van der Waals surface area contributed by atoms with E-state index >= 15 is 0 Å². The van der Waals surface area contributed by atoms with Crippen LogP contribution in [0.4, 0.5) is 0 Å². The number of carbonyl (C=O) groups excluding carboxylic acids is 1. The van der Waals surface area contributed by atoms with Crippen LogP contribution in [-0.4, -0.2) is 23.4 Å². The van der Waals surface area contributed by atoms with Gasteiger partial charge in [-0.1, -0.05) is 36.8 Å². The molecule has 0 aliphatic heterocycles. The van der Waals surface area contributed by atoms with Crippen molar-refractivity contribution in [2.24, 2.45) is 5.73 Å². The molecule has 1 atom stereocenters. The number of likely N-dealkylation sites (N-methyl/N-ethyl adjacent to an activating group) is 1. The largest absolute Gasteiger partial charge is 0.337 e. The average molecular weight is 234 g/mol. The third-order valence-corrected chi connectivity index (χ3v) is 2.91. The van der Waals surface area contributed by atoms with Crippen LogP contribution in [0.25, 0.3) is 0 Å². The summed E-state index contributed by atoms with van der Waals surface area (Å²) in [6, 6.07) is 7.84. The van der Waals surface area contributed by atoms with E-state index in [1.807, 2.05) is 30.9 Å². The molecule has 0 fully saturated rings. The van der Waals surface area contributed by atoms with Crippen LogP contribution in [0.3, 0.4) is 0 Å². The molecule has 94 valence electrons. The van der Waals surface area contributed by atoms with E-state index in [1.54, 1.807) is 0 Å². The molecule has 0 saturated carbocycles. The first-order valence-corrected chi connectivity index (χ1v) is 6.18. The van der Waals surface area contributed by atoms with Gasteiger partial charge in [0.05, 0.1) is 6.04 Å². The van der Waals surface area contributed by atoms with Crippen LogP contribution >= 0.6 is 0 Å². The normalized spacial score (nSPS) is 12.2. The van der Waals surface area contributed by atoms with Gasteiger partial charge in [-0.15, -0.1) is 0 Å². The molecule has 1 unspecified atom stereocenters. The van der Waals surface area contributed by atoms with Gasteiger partial charge >= 0.3 is 0 Å². The molecule has 1 rings (SSSR count). The van der Waals surface area contributed by atoms with E-state index in [9.17, 15) is 4.79 Å². The Hall–Kier alpha value is -1.35. The number of hydrogen-bond donors (Lipinski definition) is 1. The second-order valence-corrected chi connectivity index (χ2v) is 4.36. The smallest absolute Gasteiger partial charge is 0.239 e. The first-order valence-electron chi connectivity index (χ1n) is 6.18. The molecule has 1 aromatic rings. The van der Waals surface area contributed by atoms with Crippen molar-refractivity contribution in [3.63, 3.8) is 0 Å². The van der Waals surface area contributed by atoms with Gasteiger partial charge in [0, 0.05) is 13.1 Å². The summed E-state index contributed by atoms with van der Waals surface area (Å²) in [5.74, 6) is 0.0384. The summed E-state index contributed by atoms with van der Waals surface area (Å²) in [7, 11) is 0. The minimum absolute atomic E-state index is 0.0384. The SMILES string of the molecule is CCC(N)C(=O)N(CC)Cc1cccc(C)c1. The number of aryl methyl sites for hydroxylation is 1. The fourth-order valence-electron chi connectivity index (χ4n) is 1.79. The molecule has 0 saturated heterocycles. The van der Waals surface area contributed by atoms with Crippen LogP contribution in [0.15, 0.2) is 24.3 Å². The second-order valence-electron chi connectivity index (χ2n) is 4.36. The van der Waals surface area contributed by atoms with Crippen molar-refractivity contribution in [1.29, 1.82) is 0 Å². The van der Waals surface area contributed by atoms with Crippen molar-refractivity contribution < 1.29 is 4.79 Å². The molecule has 1 amide bonds. The van der Waals surface area contributed by atoms with Crippen molar-refractivity contribution in [2.75, 3.05) is 6.54 Å². The second kappa shape index (κ2) is 6.40. The summed E-state index contributed by atoms with van der Waals surface area (Å²) >= 11 is 0. The van der Waals surface area contributed by atoms with Crippen LogP contribution in [0.2, 0.25) is 0 Å². The van der Waals surface area contributed by atoms with Gasteiger partial charge in [0.2, 0.25) is 5.91 Å². The van der Waals surface area contributed by atoms with Crippen LogP contribution in [-0.2, 0) is 11.3 Å². The third-order valence-electron chi connectivity index (χ3n) is 2.91. The molecule has 0 aromatic heterocycles. The molecular weight excluding hydrogens is 212 g/mol. The monoisotopic (exact) mass is 234 g/mol. The number of rotatable bonds is 5. The number of nitrogens with two attached hydrogens (primary N) is 1. The maximum atomic E-state index is 12.0. The van der Waals surface area contributed by atoms with Gasteiger partial charge in [-0.05, 0) is 25.8 Å². The van der Waals surface area contributed by atoms with E-state index in [0.29, 0.717) is 19.5 Å². The van der Waals surface area contributed by atoms with Gasteiger partial charge < -0.3 is 10.6 Å². The Bertz CT molecular complexity index is 376. The quantitative estimate of drug-likeness (QED) is 0.848. The molecule has 0 aliphatic rings. The number of hydrogen-bond acceptors (Lipinski definition) is 2. The summed E-state index contributed by atoms with van der Waals surface area (Å²) in [6.07, 6.45) is 0.684. The van der Waals surface area contributed by atoms with E-state index in [0.717, 1.165) is 5.56 Å². The Morgan fingerprint density at radius 3 is 2.65 bits per heavy atom. The maximum Gasteiger partial charge on any atom is 0.239 e. The Labute approximate surface area is 104 Å². The first kappa shape index (κ1) is 13.7. The molecule has 17 heavy (non-hydrogen) atoms. The summed E-state index contributed by atoms with van der Waals surface area (Å²) in [6.45, 7) is 7.31. The van der Waals surface area contributed by atoms with E-state index < -0.39 is 0 Å². The van der Waals surface area contributed by atoms with E-state index in [4.69, 9.17) is 5.73 Å². The Balaban J connectivity index is 2.73. The number of amides is 1. The summed E-state index contributed by atoms with van der Waals surface area (Å²) in [5.41, 5.74) is 8.16. The minimum atomic E-state index is -0.375. The minimum Gasteiger partial charge on any atom is -0.337 e. The summed E-state index contributed by atoms with van der Waals surface area (Å²) < 4.78 is 0. The molecule has 3 nitrogen and oxygen atoms in total. The average Bonchev–Trinajstić information content (AvgIpc) is 2.34. The highest BCUT2D eigenvalue weighted by atomic mass is 16.2. The molecule has 3 heteroatoms. The van der Waals surface area contributed by atoms with Crippen molar-refractivity contribution >= 4 is 5.91 Å². The Morgan fingerprint density at radius 1 is 1.41 bits per heavy atom. The zero-order valence-corrected chi connectivity index (χ0v) is 10.9. The molecule has 0 aliphatic carbocycles. The molecular formula is C14H22N2O. The predicted molar refractivity (Wildman–Crippen MR) is 70.5 cm³/mol. The van der Waals surface area contributed by atoms with Gasteiger partial charge in [-0.3, -0.25) is 4.79 Å². The fraction of sp³-hybridized carbons (Fsp3) is 0.500. The van der Waals surface area contributed by atoms with Crippen LogP contribution in [0, 0.1) is 6.92 Å². The highest BCUT2D eigenvalue weighted by Gasteiger charge is 2.18. The predicted octanol–water partition coefficient (Wildman–Crippen LogP) is 2.08. The van der Waals surface area contributed by atoms with Gasteiger partial charge in [0.25, 0.3) is 0 Å². The number of nitrogens with zero attached hydrogens (tertiary/aromatic N) is 1. The Morgan fingerprint density at radius 2 is 2.12 bits per heavy atom. The van der Waals surface area contributed by atoms with E-state index in [-0.39, 0.29) is 11.9 Å². The van der Waals surface area contributed by atoms with Gasteiger partial charge in [0.1, 0.15) is 0 Å². The van der Waals surface area contributed by atoms with Crippen LogP contribution in [0.1, 0.15) is 31.4 Å². The van der Waals surface area contributed by atoms with Gasteiger partial charge in [-0.25, -0.2) is 0 Å². The highest BCUT2D eigenvalue weighted by Crippen LogP contribution is 2.09. The van der Waals surface area contributed by atoms with Crippen molar-refractivity contribution in [2.45, 2.75) is 39.8 Å². The van der Waals surface area contributed by atoms with Crippen LogP contribution in [0.5, 0.6) is 0 Å². The number of benzene rings is 1. The zero-order chi connectivity index (χ0) is 12.8. The highest BCUT2D eigenvalue weighted by molar-refractivity contribution is 5.81. The van der Waals surface area contributed by atoms with Gasteiger partial charge in [0.15, 0.2) is 0 Å². The van der Waals surface area contributed by atoms with E-state index in [1.165, 1.54) is 5.56 Å². The summed E-state index contributed by atoms with van der Waals surface area (Å²) in [4.78, 5) is 13.8. The first-order chi connectivity index (χ1) is 8.08.